The Morgan fingerprint density at radius 3 is 2.65 bits per heavy atom. The second kappa shape index (κ2) is 11.1. The molecule has 188 valence electrons. The van der Waals surface area contributed by atoms with E-state index in [0.717, 1.165) is 19.0 Å². The molecule has 1 aromatic rings. The molecule has 0 spiro atoms. The van der Waals surface area contributed by atoms with E-state index in [9.17, 15) is 14.7 Å². The van der Waals surface area contributed by atoms with E-state index in [-0.39, 0.29) is 42.4 Å². The first-order valence-electron chi connectivity index (χ1n) is 12.7. The number of likely N-dealkylation sites (N-methyl/N-ethyl adjacent to an activating group) is 1. The van der Waals surface area contributed by atoms with Crippen LogP contribution in [0.5, 0.6) is 5.75 Å². The molecule has 8 nitrogen and oxygen atoms in total. The SMILES string of the molecule is C[C@H](CO)N1C[C@H](C)[C@@H](CN(C)CC2CC2)Oc2c(NC(=O)C3CCOCC3)cccc2C1=O. The Labute approximate surface area is 202 Å². The van der Waals surface area contributed by atoms with Crippen LogP contribution in [0.1, 0.15) is 49.9 Å². The van der Waals surface area contributed by atoms with E-state index >= 15 is 0 Å². The smallest absolute Gasteiger partial charge is 0.258 e. The van der Waals surface area contributed by atoms with Crippen LogP contribution in [0.3, 0.4) is 0 Å². The Kier molecular flexibility index (Phi) is 8.11. The Morgan fingerprint density at radius 2 is 1.97 bits per heavy atom. The number of nitrogens with zero attached hydrogens (tertiary/aromatic N) is 2. The first-order chi connectivity index (χ1) is 16.4. The number of ether oxygens (including phenoxy) is 2. The van der Waals surface area contributed by atoms with E-state index in [1.165, 1.54) is 12.8 Å². The maximum atomic E-state index is 13.6. The van der Waals surface area contributed by atoms with Gasteiger partial charge in [-0.15, -0.1) is 0 Å². The molecule has 2 N–H and O–H groups in total. The zero-order valence-corrected chi connectivity index (χ0v) is 20.7. The third-order valence-corrected chi connectivity index (χ3v) is 7.30. The molecular weight excluding hydrogens is 434 g/mol. The number of aliphatic hydroxyl groups is 1. The minimum Gasteiger partial charge on any atom is -0.486 e. The summed E-state index contributed by atoms with van der Waals surface area (Å²) in [7, 11) is 2.12. The molecule has 2 fully saturated rings. The molecule has 4 rings (SSSR count). The van der Waals surface area contributed by atoms with Gasteiger partial charge in [-0.05, 0) is 57.7 Å². The summed E-state index contributed by atoms with van der Waals surface area (Å²) in [6.07, 6.45) is 3.78. The van der Waals surface area contributed by atoms with E-state index in [1.54, 1.807) is 23.1 Å². The number of amides is 2. The number of hydrogen-bond acceptors (Lipinski definition) is 6. The van der Waals surface area contributed by atoms with Crippen LogP contribution in [0, 0.1) is 17.8 Å². The van der Waals surface area contributed by atoms with Gasteiger partial charge in [-0.1, -0.05) is 13.0 Å². The number of aliphatic hydroxyl groups excluding tert-OH is 1. The van der Waals surface area contributed by atoms with Crippen LogP contribution in [-0.2, 0) is 9.53 Å². The lowest BCUT2D eigenvalue weighted by molar-refractivity contribution is -0.122. The lowest BCUT2D eigenvalue weighted by Gasteiger charge is -2.38. The third-order valence-electron chi connectivity index (χ3n) is 7.30. The number of nitrogens with one attached hydrogen (secondary N) is 1. The molecule has 2 amide bonds. The fourth-order valence-electron chi connectivity index (χ4n) is 4.88. The highest BCUT2D eigenvalue weighted by atomic mass is 16.5. The molecule has 8 heteroatoms. The van der Waals surface area contributed by atoms with Gasteiger partial charge in [0.05, 0.1) is 23.9 Å². The maximum absolute atomic E-state index is 13.6. The van der Waals surface area contributed by atoms with E-state index in [4.69, 9.17) is 9.47 Å². The third kappa shape index (κ3) is 5.90. The van der Waals surface area contributed by atoms with E-state index in [1.807, 2.05) is 6.92 Å². The number of para-hydroxylation sites is 1. The number of rotatable bonds is 8. The Hall–Kier alpha value is -2.16. The number of benzene rings is 1. The van der Waals surface area contributed by atoms with Gasteiger partial charge in [0.1, 0.15) is 6.10 Å². The minimum absolute atomic E-state index is 0.0482. The summed E-state index contributed by atoms with van der Waals surface area (Å²) < 4.78 is 12.0. The van der Waals surface area contributed by atoms with Crippen molar-refractivity contribution in [1.82, 2.24) is 9.80 Å². The Balaban J connectivity index is 1.64. The monoisotopic (exact) mass is 473 g/mol. The Bertz CT molecular complexity index is 868. The highest BCUT2D eigenvalue weighted by Gasteiger charge is 2.35. The maximum Gasteiger partial charge on any atom is 0.258 e. The van der Waals surface area contributed by atoms with Crippen molar-refractivity contribution >= 4 is 17.5 Å². The van der Waals surface area contributed by atoms with Gasteiger partial charge in [0.15, 0.2) is 5.75 Å². The van der Waals surface area contributed by atoms with Gasteiger partial charge in [0, 0.05) is 44.7 Å². The van der Waals surface area contributed by atoms with Crippen molar-refractivity contribution in [2.75, 3.05) is 51.8 Å². The average Bonchev–Trinajstić information content (AvgIpc) is 3.65. The second-order valence-corrected chi connectivity index (χ2v) is 10.3. The van der Waals surface area contributed by atoms with Crippen molar-refractivity contribution in [3.8, 4) is 5.75 Å². The zero-order chi connectivity index (χ0) is 24.2. The normalized spacial score (nSPS) is 24.7. The molecule has 1 aliphatic carbocycles. The van der Waals surface area contributed by atoms with Gasteiger partial charge >= 0.3 is 0 Å². The molecule has 3 aliphatic rings. The standard InChI is InChI=1S/C26H39N3O5/c1-17-13-29(18(2)16-30)26(32)21-5-4-6-22(27-25(31)20-9-11-33-12-10-20)24(21)34-23(17)15-28(3)14-19-7-8-19/h4-6,17-20,23,30H,7-16H2,1-3H3,(H,27,31)/t17-,18+,23+/m0/s1. The second-order valence-electron chi connectivity index (χ2n) is 10.3. The van der Waals surface area contributed by atoms with Crippen LogP contribution in [0.2, 0.25) is 0 Å². The van der Waals surface area contributed by atoms with Crippen molar-refractivity contribution < 1.29 is 24.2 Å². The average molecular weight is 474 g/mol. The van der Waals surface area contributed by atoms with Crippen LogP contribution in [0.15, 0.2) is 18.2 Å². The summed E-state index contributed by atoms with van der Waals surface area (Å²) in [4.78, 5) is 30.6. The molecule has 1 saturated heterocycles. The predicted molar refractivity (Wildman–Crippen MR) is 130 cm³/mol. The first kappa shape index (κ1) is 24.9. The molecule has 1 aromatic carbocycles. The fourth-order valence-corrected chi connectivity index (χ4v) is 4.88. The summed E-state index contributed by atoms with van der Waals surface area (Å²) in [6.45, 7) is 7.28. The van der Waals surface area contributed by atoms with Gasteiger partial charge in [-0.25, -0.2) is 0 Å². The molecule has 0 aromatic heterocycles. The topological polar surface area (TPSA) is 91.3 Å². The highest BCUT2D eigenvalue weighted by molar-refractivity contribution is 6.02. The minimum atomic E-state index is -0.314. The molecular formula is C26H39N3O5. The Morgan fingerprint density at radius 1 is 1.24 bits per heavy atom. The van der Waals surface area contributed by atoms with Crippen LogP contribution >= 0.6 is 0 Å². The number of fused-ring (bicyclic) bond motifs is 1. The van der Waals surface area contributed by atoms with E-state index < -0.39 is 0 Å². The zero-order valence-electron chi connectivity index (χ0n) is 20.7. The summed E-state index contributed by atoms with van der Waals surface area (Å²) in [6, 6.07) is 5.02. The first-order valence-corrected chi connectivity index (χ1v) is 12.7. The van der Waals surface area contributed by atoms with Gasteiger partial charge < -0.3 is 29.7 Å². The summed E-state index contributed by atoms with van der Waals surface area (Å²) >= 11 is 0. The lowest BCUT2D eigenvalue weighted by Crippen LogP contribution is -2.50. The van der Waals surface area contributed by atoms with Crippen LogP contribution in [-0.4, -0.2) is 85.4 Å². The number of hydrogen-bond donors (Lipinski definition) is 2. The number of carbonyl (C=O) groups is 2. The van der Waals surface area contributed by atoms with Crippen LogP contribution in [0.4, 0.5) is 5.69 Å². The van der Waals surface area contributed by atoms with Crippen molar-refractivity contribution in [3.05, 3.63) is 23.8 Å². The fraction of sp³-hybridized carbons (Fsp3) is 0.692. The summed E-state index contributed by atoms with van der Waals surface area (Å²) in [5.74, 6) is 0.884. The van der Waals surface area contributed by atoms with Crippen molar-refractivity contribution in [1.29, 1.82) is 0 Å². The molecule has 0 bridgehead atoms. The number of anilines is 1. The molecule has 2 aliphatic heterocycles. The molecule has 1 saturated carbocycles. The molecule has 0 unspecified atom stereocenters. The van der Waals surface area contributed by atoms with Gasteiger partial charge in [-0.3, -0.25) is 9.59 Å². The van der Waals surface area contributed by atoms with Crippen molar-refractivity contribution in [3.63, 3.8) is 0 Å². The summed E-state index contributed by atoms with van der Waals surface area (Å²) in [5, 5.41) is 12.9. The quantitative estimate of drug-likeness (QED) is 0.603. The van der Waals surface area contributed by atoms with Crippen molar-refractivity contribution in [2.45, 2.75) is 51.7 Å². The van der Waals surface area contributed by atoms with Crippen LogP contribution in [0.25, 0.3) is 0 Å². The molecule has 2 heterocycles. The predicted octanol–water partition coefficient (Wildman–Crippen LogP) is 2.61. The molecule has 34 heavy (non-hydrogen) atoms. The molecule has 3 atom stereocenters. The van der Waals surface area contributed by atoms with Crippen LogP contribution < -0.4 is 10.1 Å². The summed E-state index contributed by atoms with van der Waals surface area (Å²) in [5.41, 5.74) is 0.953. The largest absolute Gasteiger partial charge is 0.486 e. The van der Waals surface area contributed by atoms with Crippen molar-refractivity contribution in [2.24, 2.45) is 17.8 Å². The van der Waals surface area contributed by atoms with Gasteiger partial charge in [0.25, 0.3) is 5.91 Å². The van der Waals surface area contributed by atoms with E-state index in [2.05, 4.69) is 24.2 Å². The molecule has 0 radical (unpaired) electrons. The van der Waals surface area contributed by atoms with E-state index in [0.29, 0.717) is 49.6 Å². The lowest BCUT2D eigenvalue weighted by atomic mass is 9.98. The number of carbonyl (C=O) groups excluding carboxylic acids is 2. The van der Waals surface area contributed by atoms with Gasteiger partial charge in [0.2, 0.25) is 5.91 Å². The highest BCUT2D eigenvalue weighted by Crippen LogP contribution is 2.36. The van der Waals surface area contributed by atoms with Gasteiger partial charge in [-0.2, -0.15) is 0 Å².